The summed E-state index contributed by atoms with van der Waals surface area (Å²) in [6.45, 7) is 2.52. The molecule has 1 atom stereocenters. The maximum Gasteiger partial charge on any atom is 0.250 e. The van der Waals surface area contributed by atoms with E-state index >= 15 is 0 Å². The van der Waals surface area contributed by atoms with Crippen LogP contribution < -0.4 is 14.8 Å². The quantitative estimate of drug-likeness (QED) is 0.681. The molecule has 0 spiro atoms. The summed E-state index contributed by atoms with van der Waals surface area (Å²) in [5, 5.41) is 4.10. The van der Waals surface area contributed by atoms with E-state index in [1.165, 1.54) is 0 Å². The van der Waals surface area contributed by atoms with Gasteiger partial charge in [0.2, 0.25) is 18.6 Å². The van der Waals surface area contributed by atoms with Gasteiger partial charge in [-0.15, -0.1) is 0 Å². The Bertz CT molecular complexity index is 1140. The molecule has 7 heteroatoms. The molecule has 1 saturated heterocycles. The molecule has 3 heterocycles. The van der Waals surface area contributed by atoms with Crippen molar-refractivity contribution >= 4 is 28.4 Å². The summed E-state index contributed by atoms with van der Waals surface area (Å²) in [7, 11) is 0. The molecular formula is C23H23N3O4. The molecule has 2 amide bonds. The van der Waals surface area contributed by atoms with E-state index in [0.29, 0.717) is 43.0 Å². The Morgan fingerprint density at radius 3 is 2.93 bits per heavy atom. The third-order valence-corrected chi connectivity index (χ3v) is 6.12. The standard InChI is InChI=1S/C23H23N3O4/c1-23(22(28)25-16-6-7-19-20(12-16)30-14-29-19)10-8-21(27)26(23)11-9-15-13-24-18-5-3-2-4-17(15)18/h2-7,12-13,24H,8-11,14H2,1H3,(H,25,28). The molecule has 0 saturated carbocycles. The predicted molar refractivity (Wildman–Crippen MR) is 113 cm³/mol. The number of carbonyl (C=O) groups is 2. The Kier molecular flexibility index (Phi) is 4.38. The molecule has 2 N–H and O–H groups in total. The molecule has 7 nitrogen and oxygen atoms in total. The van der Waals surface area contributed by atoms with Crippen molar-refractivity contribution in [3.8, 4) is 11.5 Å². The van der Waals surface area contributed by atoms with Crippen LogP contribution in [0.25, 0.3) is 10.9 Å². The van der Waals surface area contributed by atoms with E-state index < -0.39 is 5.54 Å². The maximum absolute atomic E-state index is 13.2. The monoisotopic (exact) mass is 405 g/mol. The molecule has 2 aromatic carbocycles. The molecule has 1 unspecified atom stereocenters. The highest BCUT2D eigenvalue weighted by Crippen LogP contribution is 2.36. The van der Waals surface area contributed by atoms with E-state index in [1.54, 1.807) is 23.1 Å². The number of likely N-dealkylation sites (tertiary alicyclic amines) is 1. The summed E-state index contributed by atoms with van der Waals surface area (Å²) in [6, 6.07) is 13.4. The van der Waals surface area contributed by atoms with Gasteiger partial charge in [0, 0.05) is 41.8 Å². The van der Waals surface area contributed by atoms with E-state index in [-0.39, 0.29) is 18.6 Å². The van der Waals surface area contributed by atoms with Gasteiger partial charge in [-0.25, -0.2) is 0 Å². The number of benzene rings is 2. The molecule has 30 heavy (non-hydrogen) atoms. The zero-order chi connectivity index (χ0) is 20.7. The zero-order valence-electron chi connectivity index (χ0n) is 16.7. The van der Waals surface area contributed by atoms with E-state index in [0.717, 1.165) is 16.5 Å². The Labute approximate surface area is 174 Å². The zero-order valence-corrected chi connectivity index (χ0v) is 16.7. The van der Waals surface area contributed by atoms with Crippen LogP contribution in [-0.4, -0.2) is 40.6 Å². The Morgan fingerprint density at radius 2 is 2.03 bits per heavy atom. The van der Waals surface area contributed by atoms with Crippen LogP contribution in [0, 0.1) is 0 Å². The van der Waals surface area contributed by atoms with Gasteiger partial charge < -0.3 is 24.7 Å². The molecule has 1 fully saturated rings. The highest BCUT2D eigenvalue weighted by molar-refractivity contribution is 6.02. The number of hydrogen-bond acceptors (Lipinski definition) is 4. The van der Waals surface area contributed by atoms with E-state index in [2.05, 4.69) is 16.4 Å². The number of ether oxygens (including phenoxy) is 2. The van der Waals surface area contributed by atoms with Crippen molar-refractivity contribution in [3.05, 3.63) is 54.2 Å². The first-order chi connectivity index (χ1) is 14.5. The number of para-hydroxylation sites is 1. The molecule has 3 aromatic rings. The molecule has 0 radical (unpaired) electrons. The number of hydrogen-bond donors (Lipinski definition) is 2. The average molecular weight is 405 g/mol. The lowest BCUT2D eigenvalue weighted by atomic mass is 9.97. The summed E-state index contributed by atoms with van der Waals surface area (Å²) in [4.78, 5) is 30.8. The van der Waals surface area contributed by atoms with Gasteiger partial charge >= 0.3 is 0 Å². The highest BCUT2D eigenvalue weighted by atomic mass is 16.7. The van der Waals surface area contributed by atoms with Gasteiger partial charge in [-0.05, 0) is 43.5 Å². The average Bonchev–Trinajstić information content (AvgIpc) is 3.45. The molecule has 1 aromatic heterocycles. The normalized spacial score (nSPS) is 20.2. The van der Waals surface area contributed by atoms with Crippen molar-refractivity contribution in [2.24, 2.45) is 0 Å². The minimum atomic E-state index is -0.889. The van der Waals surface area contributed by atoms with E-state index in [1.807, 2.05) is 31.3 Å². The summed E-state index contributed by atoms with van der Waals surface area (Å²) in [5.41, 5.74) is 1.95. The van der Waals surface area contributed by atoms with Crippen LogP contribution in [0.4, 0.5) is 5.69 Å². The van der Waals surface area contributed by atoms with Crippen LogP contribution >= 0.6 is 0 Å². The topological polar surface area (TPSA) is 83.7 Å². The second-order valence-corrected chi connectivity index (χ2v) is 7.95. The van der Waals surface area contributed by atoms with Crippen LogP contribution in [-0.2, 0) is 16.0 Å². The van der Waals surface area contributed by atoms with Gasteiger partial charge in [-0.3, -0.25) is 9.59 Å². The second kappa shape index (κ2) is 7.09. The second-order valence-electron chi connectivity index (χ2n) is 7.95. The van der Waals surface area contributed by atoms with Crippen molar-refractivity contribution in [2.75, 3.05) is 18.7 Å². The van der Waals surface area contributed by atoms with Crippen molar-refractivity contribution in [3.63, 3.8) is 0 Å². The molecule has 2 aliphatic heterocycles. The number of carbonyl (C=O) groups excluding carboxylic acids is 2. The molecule has 2 aliphatic rings. The minimum Gasteiger partial charge on any atom is -0.454 e. The van der Waals surface area contributed by atoms with Crippen LogP contribution in [0.5, 0.6) is 11.5 Å². The van der Waals surface area contributed by atoms with Crippen LogP contribution in [0.1, 0.15) is 25.3 Å². The lowest BCUT2D eigenvalue weighted by molar-refractivity contribution is -0.137. The summed E-state index contributed by atoms with van der Waals surface area (Å²) in [5.74, 6) is 1.09. The number of amides is 2. The first-order valence-electron chi connectivity index (χ1n) is 10.1. The third kappa shape index (κ3) is 3.07. The summed E-state index contributed by atoms with van der Waals surface area (Å²) >= 11 is 0. The van der Waals surface area contributed by atoms with Crippen LogP contribution in [0.3, 0.4) is 0 Å². The maximum atomic E-state index is 13.2. The SMILES string of the molecule is CC1(C(=O)Nc2ccc3c(c2)OCO3)CCC(=O)N1CCc1c[nH]c2ccccc12. The fourth-order valence-electron chi connectivity index (χ4n) is 4.31. The van der Waals surface area contributed by atoms with E-state index in [4.69, 9.17) is 9.47 Å². The van der Waals surface area contributed by atoms with Gasteiger partial charge in [0.25, 0.3) is 0 Å². The van der Waals surface area contributed by atoms with Gasteiger partial charge in [0.15, 0.2) is 11.5 Å². The Morgan fingerprint density at radius 1 is 1.20 bits per heavy atom. The molecular weight excluding hydrogens is 382 g/mol. The van der Waals surface area contributed by atoms with Crippen molar-refractivity contribution in [1.82, 2.24) is 9.88 Å². The molecule has 0 bridgehead atoms. The number of fused-ring (bicyclic) bond motifs is 2. The van der Waals surface area contributed by atoms with Crippen molar-refractivity contribution < 1.29 is 19.1 Å². The van der Waals surface area contributed by atoms with Gasteiger partial charge in [-0.1, -0.05) is 18.2 Å². The summed E-state index contributed by atoms with van der Waals surface area (Å²) in [6.07, 6.45) is 3.53. The van der Waals surface area contributed by atoms with Crippen molar-refractivity contribution in [1.29, 1.82) is 0 Å². The Balaban J connectivity index is 1.32. The Hall–Kier alpha value is -3.48. The third-order valence-electron chi connectivity index (χ3n) is 6.12. The number of aromatic nitrogens is 1. The lowest BCUT2D eigenvalue weighted by Gasteiger charge is -2.34. The van der Waals surface area contributed by atoms with Crippen LogP contribution in [0.15, 0.2) is 48.7 Å². The first kappa shape index (κ1) is 18.5. The highest BCUT2D eigenvalue weighted by Gasteiger charge is 2.47. The largest absolute Gasteiger partial charge is 0.454 e. The smallest absolute Gasteiger partial charge is 0.250 e. The number of aromatic amines is 1. The number of rotatable bonds is 5. The first-order valence-corrected chi connectivity index (χ1v) is 10.1. The van der Waals surface area contributed by atoms with Gasteiger partial charge in [0.05, 0.1) is 0 Å². The van der Waals surface area contributed by atoms with Gasteiger partial charge in [0.1, 0.15) is 5.54 Å². The predicted octanol–water partition coefficient (Wildman–Crippen LogP) is 3.46. The van der Waals surface area contributed by atoms with Crippen LogP contribution in [0.2, 0.25) is 0 Å². The number of nitrogens with one attached hydrogen (secondary N) is 2. The molecule has 154 valence electrons. The van der Waals surface area contributed by atoms with E-state index in [9.17, 15) is 9.59 Å². The molecule has 5 rings (SSSR count). The fourth-order valence-corrected chi connectivity index (χ4v) is 4.31. The minimum absolute atomic E-state index is 0.0122. The number of anilines is 1. The number of nitrogens with zero attached hydrogens (tertiary/aromatic N) is 1. The lowest BCUT2D eigenvalue weighted by Crippen LogP contribution is -2.52. The van der Waals surface area contributed by atoms with Gasteiger partial charge in [-0.2, -0.15) is 0 Å². The number of H-pyrrole nitrogens is 1. The summed E-state index contributed by atoms with van der Waals surface area (Å²) < 4.78 is 10.7. The fraction of sp³-hybridized carbons (Fsp3) is 0.304. The molecule has 0 aliphatic carbocycles. The van der Waals surface area contributed by atoms with Crippen molar-refractivity contribution in [2.45, 2.75) is 31.7 Å².